The van der Waals surface area contributed by atoms with Crippen molar-refractivity contribution in [1.82, 2.24) is 0 Å². The first-order valence-corrected chi connectivity index (χ1v) is 15.6. The van der Waals surface area contributed by atoms with Crippen LogP contribution in [0.1, 0.15) is 137 Å². The van der Waals surface area contributed by atoms with Gasteiger partial charge in [0, 0.05) is 5.92 Å². The van der Waals surface area contributed by atoms with Crippen molar-refractivity contribution < 1.29 is 30.0 Å². The van der Waals surface area contributed by atoms with E-state index < -0.39 is 11.9 Å². The molecule has 0 saturated heterocycles. The molecule has 0 aromatic heterocycles. The van der Waals surface area contributed by atoms with Gasteiger partial charge in [0.1, 0.15) is 0 Å². The molecule has 232 valence electrons. The Bertz CT molecular complexity index is 849. The lowest BCUT2D eigenvalue weighted by Gasteiger charge is -2.27. The molecule has 0 heterocycles. The zero-order chi connectivity index (χ0) is 31.0. The molecule has 0 aliphatic rings. The number of carboxylic acids is 2. The number of hydrogen-bond acceptors (Lipinski definition) is 4. The number of carboxylic acid groups (broad SMARTS) is 2. The van der Waals surface area contributed by atoms with E-state index in [1.54, 1.807) is 24.3 Å². The predicted molar refractivity (Wildman–Crippen MR) is 169 cm³/mol. The molecule has 2 rings (SSSR count). The van der Waals surface area contributed by atoms with E-state index in [0.29, 0.717) is 11.1 Å². The molecule has 0 bridgehead atoms. The van der Waals surface area contributed by atoms with E-state index in [1.165, 1.54) is 24.0 Å². The first kappa shape index (κ1) is 38.3. The van der Waals surface area contributed by atoms with Crippen LogP contribution in [0.15, 0.2) is 48.5 Å². The van der Waals surface area contributed by atoms with Gasteiger partial charge in [0.15, 0.2) is 0 Å². The molecule has 0 aliphatic carbocycles. The van der Waals surface area contributed by atoms with Crippen molar-refractivity contribution in [2.75, 3.05) is 0 Å². The molecule has 2 unspecified atom stereocenters. The maximum Gasteiger partial charge on any atom is 0.335 e. The van der Waals surface area contributed by atoms with Crippen molar-refractivity contribution in [1.29, 1.82) is 0 Å². The third-order valence-electron chi connectivity index (χ3n) is 7.09. The molecule has 6 heteroatoms. The van der Waals surface area contributed by atoms with Gasteiger partial charge in [-0.1, -0.05) is 97.4 Å². The summed E-state index contributed by atoms with van der Waals surface area (Å²) < 4.78 is 0. The molecule has 0 fully saturated rings. The highest BCUT2D eigenvalue weighted by molar-refractivity contribution is 5.87. The van der Waals surface area contributed by atoms with E-state index in [4.69, 9.17) is 10.2 Å². The average molecular weight is 573 g/mol. The number of benzene rings is 2. The van der Waals surface area contributed by atoms with Gasteiger partial charge in [0.05, 0.1) is 23.3 Å². The van der Waals surface area contributed by atoms with Gasteiger partial charge in [-0.15, -0.1) is 0 Å². The Kier molecular flexibility index (Phi) is 22.4. The van der Waals surface area contributed by atoms with E-state index in [2.05, 4.69) is 34.6 Å². The average Bonchev–Trinajstić information content (AvgIpc) is 2.96. The van der Waals surface area contributed by atoms with E-state index in [-0.39, 0.29) is 18.1 Å². The Labute approximate surface area is 248 Å². The first-order chi connectivity index (χ1) is 19.6. The second kappa shape index (κ2) is 24.0. The van der Waals surface area contributed by atoms with Crippen molar-refractivity contribution in [2.45, 2.75) is 130 Å². The van der Waals surface area contributed by atoms with Crippen LogP contribution < -0.4 is 0 Å². The molecule has 0 aliphatic heterocycles. The van der Waals surface area contributed by atoms with Gasteiger partial charge in [-0.2, -0.15) is 0 Å². The van der Waals surface area contributed by atoms with Crippen LogP contribution in [0.3, 0.4) is 0 Å². The molecule has 0 saturated carbocycles. The third kappa shape index (κ3) is 17.7. The van der Waals surface area contributed by atoms with Gasteiger partial charge in [-0.05, 0) is 80.3 Å². The number of rotatable bonds is 17. The number of aromatic carboxylic acids is 2. The van der Waals surface area contributed by atoms with Crippen LogP contribution in [0.2, 0.25) is 0 Å². The summed E-state index contributed by atoms with van der Waals surface area (Å²) in [6, 6.07) is 14.2. The molecular formula is C35H56O6. The summed E-state index contributed by atoms with van der Waals surface area (Å²) in [7, 11) is 0. The maximum absolute atomic E-state index is 10.5. The molecule has 2 aromatic rings. The van der Waals surface area contributed by atoms with Crippen LogP contribution in [0.5, 0.6) is 0 Å². The maximum atomic E-state index is 10.5. The second-order valence-corrected chi connectivity index (χ2v) is 10.7. The number of aryl methyl sites for hydroxylation is 2. The molecule has 0 spiro atoms. The summed E-state index contributed by atoms with van der Waals surface area (Å²) in [5, 5.41) is 37.2. The monoisotopic (exact) mass is 572 g/mol. The quantitative estimate of drug-likeness (QED) is 0.151. The molecule has 4 N–H and O–H groups in total. The minimum atomic E-state index is -0.859. The van der Waals surface area contributed by atoms with Gasteiger partial charge in [-0.3, -0.25) is 0 Å². The Morgan fingerprint density at radius 1 is 0.537 bits per heavy atom. The minimum Gasteiger partial charge on any atom is -0.478 e. The number of carbonyl (C=O) groups is 2. The molecule has 6 nitrogen and oxygen atoms in total. The Hall–Kier alpha value is -2.70. The normalized spacial score (nSPS) is 12.7. The van der Waals surface area contributed by atoms with E-state index in [9.17, 15) is 19.8 Å². The van der Waals surface area contributed by atoms with Gasteiger partial charge in [0.25, 0.3) is 0 Å². The molecule has 0 amide bonds. The topological polar surface area (TPSA) is 115 Å². The fourth-order valence-corrected chi connectivity index (χ4v) is 4.49. The van der Waals surface area contributed by atoms with Crippen molar-refractivity contribution in [3.05, 3.63) is 70.8 Å². The highest BCUT2D eigenvalue weighted by atomic mass is 16.4. The van der Waals surface area contributed by atoms with E-state index in [1.807, 2.05) is 24.3 Å². The molecular weight excluding hydrogens is 516 g/mol. The van der Waals surface area contributed by atoms with Crippen molar-refractivity contribution in [2.24, 2.45) is 5.92 Å². The lowest BCUT2D eigenvalue weighted by atomic mass is 9.86. The number of aliphatic hydroxyl groups excluding tert-OH is 2. The number of unbranched alkanes of at least 4 members (excludes halogenated alkanes) is 3. The Morgan fingerprint density at radius 3 is 1.15 bits per heavy atom. The summed E-state index contributed by atoms with van der Waals surface area (Å²) in [5.41, 5.74) is 3.15. The third-order valence-corrected chi connectivity index (χ3v) is 7.09. The fraction of sp³-hybridized carbons (Fsp3) is 0.600. The smallest absolute Gasteiger partial charge is 0.335 e. The van der Waals surface area contributed by atoms with Gasteiger partial charge in [0.2, 0.25) is 0 Å². The van der Waals surface area contributed by atoms with E-state index >= 15 is 0 Å². The van der Waals surface area contributed by atoms with Crippen LogP contribution >= 0.6 is 0 Å². The Morgan fingerprint density at radius 2 is 0.878 bits per heavy atom. The molecule has 2 aromatic carbocycles. The van der Waals surface area contributed by atoms with Crippen molar-refractivity contribution in [3.63, 3.8) is 0 Å². The second-order valence-electron chi connectivity index (χ2n) is 10.7. The molecule has 41 heavy (non-hydrogen) atoms. The summed E-state index contributed by atoms with van der Waals surface area (Å²) in [6.45, 7) is 10.6. The van der Waals surface area contributed by atoms with Crippen LogP contribution in [-0.2, 0) is 12.8 Å². The van der Waals surface area contributed by atoms with Gasteiger partial charge < -0.3 is 20.4 Å². The summed E-state index contributed by atoms with van der Waals surface area (Å²) >= 11 is 0. The standard InChI is InChI=1S/C13H28O2.2C11H14O2/c1-4-7-10-11(12(14)8-5-2)13(15)9-6-3;2*1-2-3-4-9-5-7-10(8-6-9)11(12)13/h11-15H,4-10H2,1-3H3;2*5-8H,2-4H2,1H3,(H,12,13). The summed E-state index contributed by atoms with van der Waals surface area (Å²) in [5.74, 6) is -1.63. The number of hydrogen-bond donors (Lipinski definition) is 4. The largest absolute Gasteiger partial charge is 0.478 e. The minimum absolute atomic E-state index is 0.0878. The molecule has 2 atom stereocenters. The van der Waals surface area contributed by atoms with Crippen molar-refractivity contribution in [3.8, 4) is 0 Å². The highest BCUT2D eigenvalue weighted by Crippen LogP contribution is 2.23. The summed E-state index contributed by atoms with van der Waals surface area (Å²) in [4.78, 5) is 21.1. The van der Waals surface area contributed by atoms with E-state index in [0.717, 1.165) is 70.6 Å². The van der Waals surface area contributed by atoms with Crippen LogP contribution in [0.4, 0.5) is 0 Å². The zero-order valence-electron chi connectivity index (χ0n) is 26.1. The Balaban J connectivity index is 0.000000587. The van der Waals surface area contributed by atoms with Crippen LogP contribution in [0.25, 0.3) is 0 Å². The lowest BCUT2D eigenvalue weighted by molar-refractivity contribution is -0.00140. The zero-order valence-corrected chi connectivity index (χ0v) is 26.1. The molecule has 0 radical (unpaired) electrons. The highest BCUT2D eigenvalue weighted by Gasteiger charge is 2.25. The van der Waals surface area contributed by atoms with Crippen molar-refractivity contribution >= 4 is 11.9 Å². The van der Waals surface area contributed by atoms with Crippen LogP contribution in [-0.4, -0.2) is 44.6 Å². The first-order valence-electron chi connectivity index (χ1n) is 15.6. The number of aliphatic hydroxyl groups is 2. The fourth-order valence-electron chi connectivity index (χ4n) is 4.49. The predicted octanol–water partition coefficient (Wildman–Crippen LogP) is 8.57. The lowest BCUT2D eigenvalue weighted by Crippen LogP contribution is -2.31. The summed E-state index contributed by atoms with van der Waals surface area (Å²) in [6.07, 6.45) is 12.9. The SMILES string of the molecule is CCCCC(C(O)CCC)C(O)CCC.CCCCc1ccc(C(=O)O)cc1.CCCCc1ccc(C(=O)O)cc1. The van der Waals surface area contributed by atoms with Gasteiger partial charge in [-0.25, -0.2) is 9.59 Å². The van der Waals surface area contributed by atoms with Crippen LogP contribution in [0, 0.1) is 5.92 Å². The van der Waals surface area contributed by atoms with Gasteiger partial charge >= 0.3 is 11.9 Å².